The van der Waals surface area contributed by atoms with Crippen molar-refractivity contribution >= 4 is 10.0 Å². The zero-order valence-corrected chi connectivity index (χ0v) is 14.1. The first-order valence-electron chi connectivity index (χ1n) is 8.21. The average molecular weight is 348 g/mol. The molecule has 2 aliphatic heterocycles. The molecule has 0 aliphatic carbocycles. The molecule has 0 radical (unpaired) electrons. The van der Waals surface area contributed by atoms with E-state index < -0.39 is 10.0 Å². The van der Waals surface area contributed by atoms with Gasteiger partial charge in [-0.2, -0.15) is 4.31 Å². The van der Waals surface area contributed by atoms with E-state index >= 15 is 0 Å². The number of aromatic amines is 1. The summed E-state index contributed by atoms with van der Waals surface area (Å²) in [7, 11) is -3.58. The van der Waals surface area contributed by atoms with Gasteiger partial charge in [0.05, 0.1) is 24.2 Å². The van der Waals surface area contributed by atoms with Gasteiger partial charge in [0.1, 0.15) is 0 Å². The second kappa shape index (κ2) is 6.14. The van der Waals surface area contributed by atoms with E-state index in [9.17, 15) is 8.42 Å². The normalized spacial score (nSPS) is 21.6. The Labute approximate surface area is 141 Å². The smallest absolute Gasteiger partial charge is 0.243 e. The second-order valence-electron chi connectivity index (χ2n) is 6.06. The number of hydrogen-bond acceptors (Lipinski definition) is 4. The van der Waals surface area contributed by atoms with Gasteiger partial charge in [-0.3, -0.25) is 0 Å². The molecule has 1 N–H and O–H groups in total. The Bertz CT molecular complexity index is 817. The van der Waals surface area contributed by atoms with Crippen molar-refractivity contribution in [2.45, 2.75) is 30.2 Å². The maximum Gasteiger partial charge on any atom is 0.243 e. The first kappa shape index (κ1) is 15.5. The van der Waals surface area contributed by atoms with E-state index in [-0.39, 0.29) is 10.9 Å². The minimum Gasteiger partial charge on any atom is -0.490 e. The zero-order chi connectivity index (χ0) is 16.6. The zero-order valence-electron chi connectivity index (χ0n) is 13.3. The molecule has 1 fully saturated rings. The van der Waals surface area contributed by atoms with E-state index in [2.05, 4.69) is 4.98 Å². The molecule has 6 nitrogen and oxygen atoms in total. The first-order valence-corrected chi connectivity index (χ1v) is 9.65. The number of nitrogens with one attached hydrogen (secondary N) is 1. The van der Waals surface area contributed by atoms with Crippen LogP contribution in [0.2, 0.25) is 0 Å². The maximum atomic E-state index is 13.1. The predicted molar refractivity (Wildman–Crippen MR) is 88.7 cm³/mol. The van der Waals surface area contributed by atoms with Gasteiger partial charge in [-0.05, 0) is 37.1 Å². The lowest BCUT2D eigenvalue weighted by Crippen LogP contribution is -2.30. The second-order valence-corrected chi connectivity index (χ2v) is 7.95. The summed E-state index contributed by atoms with van der Waals surface area (Å²) >= 11 is 0. The van der Waals surface area contributed by atoms with Crippen LogP contribution < -0.4 is 9.47 Å². The lowest BCUT2D eigenvalue weighted by molar-refractivity contribution is 0.296. The summed E-state index contributed by atoms with van der Waals surface area (Å²) in [6.07, 6.45) is 4.29. The van der Waals surface area contributed by atoms with E-state index in [1.54, 1.807) is 22.5 Å². The molecule has 0 amide bonds. The average Bonchev–Trinajstić information content (AvgIpc) is 3.21. The van der Waals surface area contributed by atoms with Gasteiger partial charge < -0.3 is 14.5 Å². The third-order valence-electron chi connectivity index (χ3n) is 4.51. The van der Waals surface area contributed by atoms with Crippen LogP contribution in [0.15, 0.2) is 41.4 Å². The number of sulfonamides is 1. The standard InChI is InChI=1S/C17H20N2O4S/c20-24(21,19-9-2-5-15(19)14-4-1-8-18-14)13-6-7-16-17(12-13)23-11-3-10-22-16/h1,4,6-8,12,15,18H,2-3,5,9-11H2/t15-/m1/s1. The van der Waals surface area contributed by atoms with Gasteiger partial charge in [0, 0.05) is 30.9 Å². The van der Waals surface area contributed by atoms with E-state index in [0.29, 0.717) is 31.3 Å². The third-order valence-corrected chi connectivity index (χ3v) is 6.41. The lowest BCUT2D eigenvalue weighted by Gasteiger charge is -2.23. The highest BCUT2D eigenvalue weighted by molar-refractivity contribution is 7.89. The molecule has 1 aromatic carbocycles. The molecular formula is C17H20N2O4S. The van der Waals surface area contributed by atoms with Crippen molar-refractivity contribution in [1.82, 2.24) is 9.29 Å². The van der Waals surface area contributed by atoms with Crippen molar-refractivity contribution in [3.05, 3.63) is 42.2 Å². The molecule has 1 saturated heterocycles. The van der Waals surface area contributed by atoms with Gasteiger partial charge in [-0.25, -0.2) is 8.42 Å². The fourth-order valence-corrected chi connectivity index (χ4v) is 5.02. The minimum atomic E-state index is -3.58. The van der Waals surface area contributed by atoms with Crippen LogP contribution in [0.3, 0.4) is 0 Å². The van der Waals surface area contributed by atoms with Crippen LogP contribution in [-0.2, 0) is 10.0 Å². The summed E-state index contributed by atoms with van der Waals surface area (Å²) in [4.78, 5) is 3.39. The van der Waals surface area contributed by atoms with Gasteiger partial charge in [-0.15, -0.1) is 0 Å². The molecule has 0 saturated carbocycles. The summed E-state index contributed by atoms with van der Waals surface area (Å²) in [5.74, 6) is 1.11. The van der Waals surface area contributed by atoms with Crippen LogP contribution in [-0.4, -0.2) is 37.5 Å². The molecule has 1 atom stereocenters. The number of aromatic nitrogens is 1. The fraction of sp³-hybridized carbons (Fsp3) is 0.412. The van der Waals surface area contributed by atoms with Crippen molar-refractivity contribution in [1.29, 1.82) is 0 Å². The van der Waals surface area contributed by atoms with Crippen LogP contribution in [0.4, 0.5) is 0 Å². The van der Waals surface area contributed by atoms with Crippen LogP contribution in [0, 0.1) is 0 Å². The van der Waals surface area contributed by atoms with Crippen molar-refractivity contribution in [2.24, 2.45) is 0 Å². The van der Waals surface area contributed by atoms with Crippen LogP contribution in [0.25, 0.3) is 0 Å². The Morgan fingerprint density at radius 3 is 2.71 bits per heavy atom. The van der Waals surface area contributed by atoms with E-state index in [1.165, 1.54) is 0 Å². The monoisotopic (exact) mass is 348 g/mol. The molecule has 1 aromatic heterocycles. The Kier molecular flexibility index (Phi) is 3.97. The highest BCUT2D eigenvalue weighted by atomic mass is 32.2. The van der Waals surface area contributed by atoms with E-state index in [4.69, 9.17) is 9.47 Å². The number of rotatable bonds is 3. The van der Waals surface area contributed by atoms with Crippen molar-refractivity contribution in [2.75, 3.05) is 19.8 Å². The first-order chi connectivity index (χ1) is 11.7. The number of hydrogen-bond donors (Lipinski definition) is 1. The molecule has 0 unspecified atom stereocenters. The topological polar surface area (TPSA) is 71.6 Å². The third kappa shape index (κ3) is 2.67. The molecule has 0 spiro atoms. The maximum absolute atomic E-state index is 13.1. The molecule has 0 bridgehead atoms. The van der Waals surface area contributed by atoms with Crippen LogP contribution in [0.5, 0.6) is 11.5 Å². The number of H-pyrrole nitrogens is 1. The molecule has 2 aromatic rings. The van der Waals surface area contributed by atoms with Gasteiger partial charge >= 0.3 is 0 Å². The van der Waals surface area contributed by atoms with Crippen LogP contribution >= 0.6 is 0 Å². The van der Waals surface area contributed by atoms with Gasteiger partial charge in [0.15, 0.2) is 11.5 Å². The number of benzene rings is 1. The number of fused-ring (bicyclic) bond motifs is 1. The summed E-state index contributed by atoms with van der Waals surface area (Å²) < 4.78 is 39.1. The molecular weight excluding hydrogens is 328 g/mol. The highest BCUT2D eigenvalue weighted by Gasteiger charge is 2.37. The SMILES string of the molecule is O=S(=O)(c1ccc2c(c1)OCCCO2)N1CCC[C@@H]1c1ccc[nH]1. The number of nitrogens with zero attached hydrogens (tertiary/aromatic N) is 1. The highest BCUT2D eigenvalue weighted by Crippen LogP contribution is 2.38. The van der Waals surface area contributed by atoms with E-state index in [0.717, 1.165) is 25.0 Å². The van der Waals surface area contributed by atoms with Gasteiger partial charge in [0.2, 0.25) is 10.0 Å². The predicted octanol–water partition coefficient (Wildman–Crippen LogP) is 2.70. The molecule has 2 aliphatic rings. The Balaban J connectivity index is 1.68. The Morgan fingerprint density at radius 1 is 1.08 bits per heavy atom. The van der Waals surface area contributed by atoms with Crippen molar-refractivity contribution in [3.8, 4) is 11.5 Å². The molecule has 3 heterocycles. The largest absolute Gasteiger partial charge is 0.490 e. The molecule has 128 valence electrons. The summed E-state index contributed by atoms with van der Waals surface area (Å²) in [6, 6.07) is 8.57. The van der Waals surface area contributed by atoms with Crippen molar-refractivity contribution < 1.29 is 17.9 Å². The minimum absolute atomic E-state index is 0.138. The summed E-state index contributed by atoms with van der Waals surface area (Å²) in [5, 5.41) is 0. The Hall–Kier alpha value is -1.99. The summed E-state index contributed by atoms with van der Waals surface area (Å²) in [6.45, 7) is 1.64. The molecule has 24 heavy (non-hydrogen) atoms. The quantitative estimate of drug-likeness (QED) is 0.926. The van der Waals surface area contributed by atoms with Crippen LogP contribution in [0.1, 0.15) is 31.0 Å². The van der Waals surface area contributed by atoms with Gasteiger partial charge in [-0.1, -0.05) is 0 Å². The van der Waals surface area contributed by atoms with Gasteiger partial charge in [0.25, 0.3) is 0 Å². The van der Waals surface area contributed by atoms with Crippen molar-refractivity contribution in [3.63, 3.8) is 0 Å². The number of ether oxygens (including phenoxy) is 2. The lowest BCUT2D eigenvalue weighted by atomic mass is 10.2. The molecule has 4 rings (SSSR count). The fourth-order valence-electron chi connectivity index (χ4n) is 3.33. The Morgan fingerprint density at radius 2 is 1.92 bits per heavy atom. The van der Waals surface area contributed by atoms with E-state index in [1.807, 2.05) is 18.3 Å². The summed E-state index contributed by atoms with van der Waals surface area (Å²) in [5.41, 5.74) is 0.936. The molecule has 7 heteroatoms.